The summed E-state index contributed by atoms with van der Waals surface area (Å²) in [5.74, 6) is 0.430. The fourth-order valence-corrected chi connectivity index (χ4v) is 3.65. The van der Waals surface area contributed by atoms with E-state index in [9.17, 15) is 9.18 Å². The van der Waals surface area contributed by atoms with Crippen LogP contribution in [0, 0.1) is 5.82 Å². The predicted molar refractivity (Wildman–Crippen MR) is 119 cm³/mol. The molecule has 0 saturated carbocycles. The lowest BCUT2D eigenvalue weighted by atomic mass is 10.1. The van der Waals surface area contributed by atoms with E-state index in [0.29, 0.717) is 11.4 Å². The second-order valence-corrected chi connectivity index (χ2v) is 7.29. The first-order chi connectivity index (χ1) is 15.1. The predicted octanol–water partition coefficient (Wildman–Crippen LogP) is 4.93. The molecule has 2 aromatic carbocycles. The Morgan fingerprint density at radius 2 is 1.74 bits per heavy atom. The lowest BCUT2D eigenvalue weighted by Crippen LogP contribution is -2.30. The van der Waals surface area contributed by atoms with Gasteiger partial charge in [-0.05, 0) is 43.5 Å². The molecular formula is C23H24FN5O2. The molecule has 1 fully saturated rings. The van der Waals surface area contributed by atoms with Crippen molar-refractivity contribution in [2.75, 3.05) is 35.7 Å². The van der Waals surface area contributed by atoms with Gasteiger partial charge in [0.2, 0.25) is 0 Å². The minimum Gasteiger partial charge on any atom is -0.494 e. The van der Waals surface area contributed by atoms with Gasteiger partial charge in [-0.25, -0.2) is 14.2 Å². The molecule has 2 N–H and O–H groups in total. The zero-order valence-corrected chi connectivity index (χ0v) is 17.3. The zero-order valence-electron chi connectivity index (χ0n) is 17.3. The van der Waals surface area contributed by atoms with Gasteiger partial charge in [-0.1, -0.05) is 12.1 Å². The van der Waals surface area contributed by atoms with Crippen LogP contribution < -0.4 is 20.3 Å². The van der Waals surface area contributed by atoms with E-state index in [1.165, 1.54) is 25.7 Å². The molecule has 31 heavy (non-hydrogen) atoms. The maximum absolute atomic E-state index is 13.8. The van der Waals surface area contributed by atoms with E-state index in [0.717, 1.165) is 43.0 Å². The third-order valence-electron chi connectivity index (χ3n) is 5.14. The summed E-state index contributed by atoms with van der Waals surface area (Å²) in [6.45, 7) is 1.93. The number of amides is 2. The van der Waals surface area contributed by atoms with E-state index in [1.54, 1.807) is 24.5 Å². The van der Waals surface area contributed by atoms with Crippen molar-refractivity contribution in [2.45, 2.75) is 19.3 Å². The van der Waals surface area contributed by atoms with Crippen LogP contribution >= 0.6 is 0 Å². The van der Waals surface area contributed by atoms with Gasteiger partial charge in [-0.3, -0.25) is 4.98 Å². The largest absolute Gasteiger partial charge is 0.494 e. The van der Waals surface area contributed by atoms with Crippen LogP contribution in [0.25, 0.3) is 11.3 Å². The van der Waals surface area contributed by atoms with Crippen LogP contribution in [0.1, 0.15) is 19.3 Å². The molecule has 1 aliphatic heterocycles. The van der Waals surface area contributed by atoms with Crippen molar-refractivity contribution in [3.63, 3.8) is 0 Å². The molecule has 3 aromatic rings. The number of hydrogen-bond donors (Lipinski definition) is 2. The molecule has 2 heterocycles. The molecular weight excluding hydrogens is 397 g/mol. The Kier molecular flexibility index (Phi) is 6.26. The Balaban J connectivity index is 1.50. The van der Waals surface area contributed by atoms with Crippen molar-refractivity contribution in [3.8, 4) is 17.0 Å². The molecule has 0 atom stereocenters. The third kappa shape index (κ3) is 4.91. The Bertz CT molecular complexity index is 1070. The van der Waals surface area contributed by atoms with Gasteiger partial charge in [0.1, 0.15) is 5.69 Å². The SMILES string of the molecule is COc1ccc(NC(=O)Nc2cccc(-c3nccnc3N3CCCCC3)c2)cc1F. The number of methoxy groups -OCH3 is 1. The van der Waals surface area contributed by atoms with E-state index in [4.69, 9.17) is 4.74 Å². The fourth-order valence-electron chi connectivity index (χ4n) is 3.65. The van der Waals surface area contributed by atoms with Crippen molar-refractivity contribution < 1.29 is 13.9 Å². The van der Waals surface area contributed by atoms with Gasteiger partial charge in [0.05, 0.1) is 7.11 Å². The monoisotopic (exact) mass is 421 g/mol. The van der Waals surface area contributed by atoms with Gasteiger partial charge in [-0.2, -0.15) is 0 Å². The van der Waals surface area contributed by atoms with Gasteiger partial charge < -0.3 is 20.3 Å². The second kappa shape index (κ2) is 9.42. The van der Waals surface area contributed by atoms with E-state index in [-0.39, 0.29) is 5.75 Å². The molecule has 1 aromatic heterocycles. The minimum absolute atomic E-state index is 0.118. The van der Waals surface area contributed by atoms with E-state index < -0.39 is 11.8 Å². The van der Waals surface area contributed by atoms with Crippen molar-refractivity contribution in [3.05, 3.63) is 60.7 Å². The molecule has 1 saturated heterocycles. The Morgan fingerprint density at radius 3 is 2.48 bits per heavy atom. The number of urea groups is 1. The molecule has 8 heteroatoms. The number of halogens is 1. The highest BCUT2D eigenvalue weighted by atomic mass is 19.1. The Morgan fingerprint density at radius 1 is 1.00 bits per heavy atom. The number of carbonyl (C=O) groups excluding carboxylic acids is 1. The first-order valence-corrected chi connectivity index (χ1v) is 10.2. The summed E-state index contributed by atoms with van der Waals surface area (Å²) in [5.41, 5.74) is 2.57. The number of carbonyl (C=O) groups is 1. The number of nitrogens with one attached hydrogen (secondary N) is 2. The van der Waals surface area contributed by atoms with E-state index in [2.05, 4.69) is 25.5 Å². The Hall–Kier alpha value is -3.68. The topological polar surface area (TPSA) is 79.4 Å². The summed E-state index contributed by atoms with van der Waals surface area (Å²) in [5, 5.41) is 5.41. The number of hydrogen-bond acceptors (Lipinski definition) is 5. The summed E-state index contributed by atoms with van der Waals surface area (Å²) in [4.78, 5) is 23.8. The summed E-state index contributed by atoms with van der Waals surface area (Å²) in [7, 11) is 1.39. The van der Waals surface area contributed by atoms with E-state index in [1.807, 2.05) is 18.2 Å². The van der Waals surface area contributed by atoms with Crippen LogP contribution in [-0.2, 0) is 0 Å². The zero-order chi connectivity index (χ0) is 21.6. The summed E-state index contributed by atoms with van der Waals surface area (Å²) in [6.07, 6.45) is 6.90. The second-order valence-electron chi connectivity index (χ2n) is 7.29. The molecule has 160 valence electrons. The number of anilines is 3. The van der Waals surface area contributed by atoms with Crippen LogP contribution in [0.2, 0.25) is 0 Å². The maximum Gasteiger partial charge on any atom is 0.323 e. The molecule has 4 rings (SSSR count). The van der Waals surface area contributed by atoms with Crippen LogP contribution in [-0.4, -0.2) is 36.2 Å². The fraction of sp³-hybridized carbons (Fsp3) is 0.261. The minimum atomic E-state index is -0.546. The average Bonchev–Trinajstić information content (AvgIpc) is 2.80. The summed E-state index contributed by atoms with van der Waals surface area (Å²) < 4.78 is 18.7. The number of rotatable bonds is 5. The number of piperidine rings is 1. The van der Waals surface area contributed by atoms with Crippen molar-refractivity contribution >= 4 is 23.2 Å². The maximum atomic E-state index is 13.8. The highest BCUT2D eigenvalue weighted by molar-refractivity contribution is 6.00. The number of benzene rings is 2. The third-order valence-corrected chi connectivity index (χ3v) is 5.14. The van der Waals surface area contributed by atoms with Gasteiger partial charge in [-0.15, -0.1) is 0 Å². The lowest BCUT2D eigenvalue weighted by Gasteiger charge is -2.28. The van der Waals surface area contributed by atoms with Crippen LogP contribution in [0.3, 0.4) is 0 Å². The highest BCUT2D eigenvalue weighted by Crippen LogP contribution is 2.30. The van der Waals surface area contributed by atoms with E-state index >= 15 is 0 Å². The van der Waals surface area contributed by atoms with Crippen LogP contribution in [0.4, 0.5) is 26.4 Å². The number of nitrogens with zero attached hydrogens (tertiary/aromatic N) is 3. The van der Waals surface area contributed by atoms with Crippen LogP contribution in [0.15, 0.2) is 54.9 Å². The van der Waals surface area contributed by atoms with Crippen LogP contribution in [0.5, 0.6) is 5.75 Å². The molecule has 1 aliphatic rings. The molecule has 0 bridgehead atoms. The molecule has 0 spiro atoms. The van der Waals surface area contributed by atoms with Crippen molar-refractivity contribution in [2.24, 2.45) is 0 Å². The first-order valence-electron chi connectivity index (χ1n) is 10.2. The standard InChI is InChI=1S/C23H24FN5O2/c1-31-20-9-8-18(15-19(20)24)28-23(30)27-17-7-5-6-16(14-17)21-22(26-11-10-25-21)29-12-3-2-4-13-29/h5-11,14-15H,2-4,12-13H2,1H3,(H2,27,28,30). The lowest BCUT2D eigenvalue weighted by molar-refractivity contribution is 0.262. The smallest absolute Gasteiger partial charge is 0.323 e. The molecule has 0 aliphatic carbocycles. The molecule has 0 radical (unpaired) electrons. The van der Waals surface area contributed by atoms with Crippen molar-refractivity contribution in [1.82, 2.24) is 9.97 Å². The molecule has 0 unspecified atom stereocenters. The average molecular weight is 421 g/mol. The molecule has 2 amide bonds. The number of ether oxygens (including phenoxy) is 1. The van der Waals surface area contributed by atoms with Crippen molar-refractivity contribution in [1.29, 1.82) is 0 Å². The first kappa shape index (κ1) is 20.6. The quantitative estimate of drug-likeness (QED) is 0.611. The van der Waals surface area contributed by atoms with Gasteiger partial charge in [0.15, 0.2) is 17.4 Å². The highest BCUT2D eigenvalue weighted by Gasteiger charge is 2.18. The van der Waals surface area contributed by atoms with Gasteiger partial charge in [0, 0.05) is 48.5 Å². The molecule has 7 nitrogen and oxygen atoms in total. The summed E-state index contributed by atoms with van der Waals surface area (Å²) >= 11 is 0. The normalized spacial score (nSPS) is 13.5. The number of aromatic nitrogens is 2. The Labute approximate surface area is 180 Å². The summed E-state index contributed by atoms with van der Waals surface area (Å²) in [6, 6.07) is 11.2. The van der Waals surface area contributed by atoms with Gasteiger partial charge >= 0.3 is 6.03 Å². The van der Waals surface area contributed by atoms with Gasteiger partial charge in [0.25, 0.3) is 0 Å².